The fraction of sp³-hybridized carbons (Fsp3) is 0.462. The molecule has 5 nitrogen and oxygen atoms in total. The van der Waals surface area contributed by atoms with Crippen LogP contribution in [-0.4, -0.2) is 44.4 Å². The third-order valence-corrected chi connectivity index (χ3v) is 2.72. The number of benzene rings is 1. The Balaban J connectivity index is 2.77. The second-order valence-electron chi connectivity index (χ2n) is 4.14. The number of rotatable bonds is 7. The lowest BCUT2D eigenvalue weighted by Gasteiger charge is -2.24. The molecule has 0 aliphatic rings. The van der Waals surface area contributed by atoms with E-state index in [4.69, 9.17) is 21.0 Å². The highest BCUT2D eigenvalue weighted by molar-refractivity contribution is 6.01. The van der Waals surface area contributed by atoms with Gasteiger partial charge in [-0.1, -0.05) is 12.1 Å². The molecule has 0 unspecified atom stereocenters. The molecule has 0 radical (unpaired) electrons. The number of aliphatic hydroxyl groups excluding tert-OH is 1. The van der Waals surface area contributed by atoms with Crippen molar-refractivity contribution in [2.24, 2.45) is 5.73 Å². The minimum atomic E-state index is 0.0345. The van der Waals surface area contributed by atoms with Crippen LogP contribution in [0.2, 0.25) is 0 Å². The predicted octanol–water partition coefficient (Wildman–Crippen LogP) is 0.724. The summed E-state index contributed by atoms with van der Waals surface area (Å²) >= 11 is 0. The van der Waals surface area contributed by atoms with Crippen LogP contribution < -0.4 is 10.6 Å². The molecule has 0 aliphatic carbocycles. The maximum Gasteiger partial charge on any atom is 0.124 e. The molecule has 0 bridgehead atoms. The van der Waals surface area contributed by atoms with Crippen LogP contribution in [0.15, 0.2) is 18.2 Å². The molecule has 0 heterocycles. The van der Waals surface area contributed by atoms with Gasteiger partial charge in [-0.15, -0.1) is 0 Å². The second kappa shape index (κ2) is 6.98. The summed E-state index contributed by atoms with van der Waals surface area (Å²) in [6, 6.07) is 5.73. The van der Waals surface area contributed by atoms with Crippen molar-refractivity contribution in [2.75, 3.05) is 38.3 Å². The molecule has 0 saturated heterocycles. The largest absolute Gasteiger partial charge is 0.394 e. The van der Waals surface area contributed by atoms with E-state index < -0.39 is 0 Å². The van der Waals surface area contributed by atoms with Crippen LogP contribution in [-0.2, 0) is 4.74 Å². The average molecular weight is 251 g/mol. The van der Waals surface area contributed by atoms with Crippen LogP contribution in [0.1, 0.15) is 11.1 Å². The van der Waals surface area contributed by atoms with Crippen molar-refractivity contribution in [3.63, 3.8) is 0 Å². The molecule has 1 aromatic carbocycles. The zero-order valence-electron chi connectivity index (χ0n) is 10.9. The Hall–Kier alpha value is -1.59. The smallest absolute Gasteiger partial charge is 0.124 e. The average Bonchev–Trinajstić information content (AvgIpc) is 2.34. The molecule has 0 spiro atoms. The summed E-state index contributed by atoms with van der Waals surface area (Å²) in [5.74, 6) is 0.0665. The number of nitrogens with one attached hydrogen (secondary N) is 1. The van der Waals surface area contributed by atoms with Crippen molar-refractivity contribution in [1.29, 1.82) is 5.41 Å². The lowest BCUT2D eigenvalue weighted by atomic mass is 10.1. The number of likely N-dealkylation sites (N-methyl/N-ethyl adjacent to an activating group) is 1. The Morgan fingerprint density at radius 3 is 2.78 bits per heavy atom. The lowest BCUT2D eigenvalue weighted by molar-refractivity contribution is 0.0971. The molecule has 0 aliphatic heterocycles. The molecule has 0 atom stereocenters. The molecule has 5 heteroatoms. The molecular formula is C13H21N3O2. The SMILES string of the molecule is Cc1cccc(C(=N)N)c1N(C)CCOCCO. The van der Waals surface area contributed by atoms with Gasteiger partial charge in [-0.05, 0) is 18.6 Å². The highest BCUT2D eigenvalue weighted by atomic mass is 16.5. The Morgan fingerprint density at radius 1 is 1.44 bits per heavy atom. The number of ether oxygens (including phenoxy) is 1. The number of anilines is 1. The summed E-state index contributed by atoms with van der Waals surface area (Å²) in [4.78, 5) is 2.02. The minimum Gasteiger partial charge on any atom is -0.394 e. The molecular weight excluding hydrogens is 230 g/mol. The van der Waals surface area contributed by atoms with Crippen LogP contribution in [0.5, 0.6) is 0 Å². The maximum atomic E-state index is 8.63. The van der Waals surface area contributed by atoms with E-state index in [-0.39, 0.29) is 12.4 Å². The van der Waals surface area contributed by atoms with Crippen LogP contribution in [0.25, 0.3) is 0 Å². The van der Waals surface area contributed by atoms with Gasteiger partial charge in [0.1, 0.15) is 5.84 Å². The summed E-state index contributed by atoms with van der Waals surface area (Å²) in [6.07, 6.45) is 0. The molecule has 1 aromatic rings. The fourth-order valence-electron chi connectivity index (χ4n) is 1.86. The van der Waals surface area contributed by atoms with Crippen LogP contribution in [0, 0.1) is 12.3 Å². The summed E-state index contributed by atoms with van der Waals surface area (Å²) in [6.45, 7) is 3.59. The molecule has 18 heavy (non-hydrogen) atoms. The van der Waals surface area contributed by atoms with Crippen LogP contribution in [0.4, 0.5) is 5.69 Å². The number of nitrogens with zero attached hydrogens (tertiary/aromatic N) is 1. The van der Waals surface area contributed by atoms with Gasteiger partial charge in [0.15, 0.2) is 0 Å². The number of para-hydroxylation sites is 1. The first kappa shape index (κ1) is 14.5. The van der Waals surface area contributed by atoms with Gasteiger partial charge in [0.05, 0.1) is 25.5 Å². The van der Waals surface area contributed by atoms with Crippen LogP contribution in [0.3, 0.4) is 0 Å². The van der Waals surface area contributed by atoms with Gasteiger partial charge in [0.2, 0.25) is 0 Å². The van der Waals surface area contributed by atoms with Crippen molar-refractivity contribution in [3.8, 4) is 0 Å². The summed E-state index contributed by atoms with van der Waals surface area (Å²) in [5.41, 5.74) is 8.36. The number of nitrogen functional groups attached to an aromatic ring is 1. The summed E-state index contributed by atoms with van der Waals surface area (Å²) in [7, 11) is 1.94. The van der Waals surface area contributed by atoms with Crippen molar-refractivity contribution < 1.29 is 9.84 Å². The monoisotopic (exact) mass is 251 g/mol. The molecule has 0 amide bonds. The molecule has 0 saturated carbocycles. The Bertz CT molecular complexity index is 407. The Kier molecular flexibility index (Phi) is 5.61. The molecule has 0 aromatic heterocycles. The van der Waals surface area contributed by atoms with Crippen molar-refractivity contribution >= 4 is 11.5 Å². The quantitative estimate of drug-likeness (QED) is 0.379. The van der Waals surface area contributed by atoms with Gasteiger partial charge < -0.3 is 20.5 Å². The highest BCUT2D eigenvalue weighted by Crippen LogP contribution is 2.23. The molecule has 0 fully saturated rings. The van der Waals surface area contributed by atoms with E-state index in [9.17, 15) is 0 Å². The standard InChI is InChI=1S/C13H21N3O2/c1-10-4-3-5-11(13(14)15)12(10)16(2)6-8-18-9-7-17/h3-5,17H,6-9H2,1-2H3,(H3,14,15). The number of aliphatic hydroxyl groups is 1. The third kappa shape index (κ3) is 3.72. The van der Waals surface area contributed by atoms with E-state index in [0.29, 0.717) is 19.8 Å². The van der Waals surface area contributed by atoms with Gasteiger partial charge in [0, 0.05) is 19.2 Å². The normalized spacial score (nSPS) is 10.4. The van der Waals surface area contributed by atoms with Gasteiger partial charge in [-0.2, -0.15) is 0 Å². The van der Waals surface area contributed by atoms with Crippen molar-refractivity contribution in [2.45, 2.75) is 6.92 Å². The van der Waals surface area contributed by atoms with E-state index >= 15 is 0 Å². The zero-order valence-corrected chi connectivity index (χ0v) is 10.9. The number of hydrogen-bond acceptors (Lipinski definition) is 4. The highest BCUT2D eigenvalue weighted by Gasteiger charge is 2.12. The van der Waals surface area contributed by atoms with Crippen molar-refractivity contribution in [1.82, 2.24) is 0 Å². The summed E-state index contributed by atoms with van der Waals surface area (Å²) < 4.78 is 5.24. The maximum absolute atomic E-state index is 8.63. The molecule has 4 N–H and O–H groups in total. The van der Waals surface area contributed by atoms with Crippen LogP contribution >= 0.6 is 0 Å². The van der Waals surface area contributed by atoms with E-state index in [1.54, 1.807) is 0 Å². The molecule has 1 rings (SSSR count). The van der Waals surface area contributed by atoms with E-state index in [1.807, 2.05) is 37.1 Å². The minimum absolute atomic E-state index is 0.0345. The van der Waals surface area contributed by atoms with Crippen molar-refractivity contribution in [3.05, 3.63) is 29.3 Å². The van der Waals surface area contributed by atoms with Gasteiger partial charge in [0.25, 0.3) is 0 Å². The van der Waals surface area contributed by atoms with Gasteiger partial charge >= 0.3 is 0 Å². The number of amidine groups is 1. The number of hydrogen-bond donors (Lipinski definition) is 3. The van der Waals surface area contributed by atoms with E-state index in [0.717, 1.165) is 16.8 Å². The first-order valence-electron chi connectivity index (χ1n) is 5.91. The topological polar surface area (TPSA) is 82.6 Å². The number of aryl methyl sites for hydroxylation is 1. The Morgan fingerprint density at radius 2 is 2.17 bits per heavy atom. The summed E-state index contributed by atoms with van der Waals surface area (Å²) in [5, 5.41) is 16.2. The lowest BCUT2D eigenvalue weighted by Crippen LogP contribution is -2.27. The van der Waals surface area contributed by atoms with Gasteiger partial charge in [-0.25, -0.2) is 0 Å². The first-order chi connectivity index (χ1) is 8.57. The first-order valence-corrected chi connectivity index (χ1v) is 5.91. The third-order valence-electron chi connectivity index (χ3n) is 2.72. The van der Waals surface area contributed by atoms with E-state index in [1.165, 1.54) is 0 Å². The predicted molar refractivity (Wildman–Crippen MR) is 73.4 cm³/mol. The zero-order chi connectivity index (χ0) is 13.5. The van der Waals surface area contributed by atoms with E-state index in [2.05, 4.69) is 0 Å². The fourth-order valence-corrected chi connectivity index (χ4v) is 1.86. The second-order valence-corrected chi connectivity index (χ2v) is 4.14. The Labute approximate surface area is 108 Å². The molecule has 100 valence electrons. The van der Waals surface area contributed by atoms with Gasteiger partial charge in [-0.3, -0.25) is 5.41 Å². The number of nitrogens with two attached hydrogens (primary N) is 1.